The molecule has 128 valence electrons. The van der Waals surface area contributed by atoms with Gasteiger partial charge >= 0.3 is 11.4 Å². The topological polar surface area (TPSA) is 111 Å². The first-order valence-electron chi connectivity index (χ1n) is 7.53. The maximum absolute atomic E-state index is 12.3. The fourth-order valence-electron chi connectivity index (χ4n) is 2.23. The minimum atomic E-state index is -0.603. The quantitative estimate of drug-likeness (QED) is 0.592. The van der Waals surface area contributed by atoms with E-state index in [-0.39, 0.29) is 36.2 Å². The van der Waals surface area contributed by atoms with Crippen LogP contribution in [-0.4, -0.2) is 23.0 Å². The Bertz CT molecular complexity index is 772. The Kier molecular flexibility index (Phi) is 5.51. The predicted octanol–water partition coefficient (Wildman–Crippen LogP) is 0.540. The Labute approximate surface area is 139 Å². The van der Waals surface area contributed by atoms with Crippen LogP contribution >= 0.6 is 0 Å². The van der Waals surface area contributed by atoms with Gasteiger partial charge in [-0.05, 0) is 17.5 Å². The van der Waals surface area contributed by atoms with Gasteiger partial charge in [-0.15, -0.1) is 4.73 Å². The highest BCUT2D eigenvalue weighted by Crippen LogP contribution is 2.10. The molecule has 2 heterocycles. The summed E-state index contributed by atoms with van der Waals surface area (Å²) in [5.74, 6) is -0.719. The lowest BCUT2D eigenvalue weighted by atomic mass is 10.1. The van der Waals surface area contributed by atoms with Crippen LogP contribution < -0.4 is 20.3 Å². The Morgan fingerprint density at radius 2 is 2.25 bits per heavy atom. The van der Waals surface area contributed by atoms with Gasteiger partial charge in [-0.1, -0.05) is 19.9 Å². The molecule has 0 atom stereocenters. The van der Waals surface area contributed by atoms with E-state index in [0.29, 0.717) is 4.73 Å². The van der Waals surface area contributed by atoms with Crippen LogP contribution in [0.25, 0.3) is 0 Å². The Balaban J connectivity index is 2.29. The van der Waals surface area contributed by atoms with Crippen molar-refractivity contribution in [3.05, 3.63) is 57.0 Å². The van der Waals surface area contributed by atoms with Crippen LogP contribution in [0.15, 0.2) is 29.3 Å². The molecule has 0 radical (unpaired) electrons. The number of nitrogens with one attached hydrogen (secondary N) is 2. The minimum absolute atomic E-state index is 0.0191. The Morgan fingerprint density at radius 1 is 1.50 bits per heavy atom. The van der Waals surface area contributed by atoms with Crippen molar-refractivity contribution in [2.24, 2.45) is 5.92 Å². The minimum Gasteiger partial charge on any atom is -0.616 e. The average molecular weight is 332 g/mol. The van der Waals surface area contributed by atoms with Gasteiger partial charge in [0.2, 0.25) is 5.69 Å². The van der Waals surface area contributed by atoms with Gasteiger partial charge in [-0.25, -0.2) is 0 Å². The molecule has 8 heteroatoms. The number of carbonyl (C=O) groups is 1. The third kappa shape index (κ3) is 3.89. The van der Waals surface area contributed by atoms with Gasteiger partial charge in [0.25, 0.3) is 11.6 Å². The molecule has 0 saturated carbocycles. The lowest BCUT2D eigenvalue weighted by molar-refractivity contribution is -0.622. The first kappa shape index (κ1) is 17.5. The zero-order chi connectivity index (χ0) is 17.7. The second-order valence-corrected chi connectivity index (χ2v) is 5.72. The number of H-pyrrole nitrogens is 1. The van der Waals surface area contributed by atoms with E-state index in [1.807, 2.05) is 13.8 Å². The lowest BCUT2D eigenvalue weighted by Gasteiger charge is -2.12. The van der Waals surface area contributed by atoms with Gasteiger partial charge in [-0.3, -0.25) is 14.6 Å². The highest BCUT2D eigenvalue weighted by atomic mass is 16.5. The second-order valence-electron chi connectivity index (χ2n) is 5.72. The van der Waals surface area contributed by atoms with Crippen molar-refractivity contribution in [3.8, 4) is 5.88 Å². The summed E-state index contributed by atoms with van der Waals surface area (Å²) < 4.78 is 5.42. The van der Waals surface area contributed by atoms with Crippen LogP contribution in [0.4, 0.5) is 0 Å². The molecule has 2 aromatic heterocycles. The van der Waals surface area contributed by atoms with E-state index in [2.05, 4.69) is 15.3 Å². The summed E-state index contributed by atoms with van der Waals surface area (Å²) in [4.78, 5) is 30.8. The van der Waals surface area contributed by atoms with Gasteiger partial charge in [0.05, 0.1) is 7.11 Å². The molecule has 0 saturated heterocycles. The van der Waals surface area contributed by atoms with E-state index < -0.39 is 11.5 Å². The molecule has 1 amide bonds. The molecular weight excluding hydrogens is 312 g/mol. The van der Waals surface area contributed by atoms with Gasteiger partial charge in [0, 0.05) is 25.4 Å². The summed E-state index contributed by atoms with van der Waals surface area (Å²) in [5, 5.41) is 15.0. The molecule has 0 fully saturated rings. The lowest BCUT2D eigenvalue weighted by Crippen LogP contribution is -2.44. The first-order valence-corrected chi connectivity index (χ1v) is 7.53. The van der Waals surface area contributed by atoms with Crippen molar-refractivity contribution in [1.82, 2.24) is 15.3 Å². The van der Waals surface area contributed by atoms with Crippen LogP contribution in [0.2, 0.25) is 0 Å². The molecular formula is C16H20N4O4. The number of methoxy groups -OCH3 is 1. The van der Waals surface area contributed by atoms with Gasteiger partial charge in [0.15, 0.2) is 0 Å². The van der Waals surface area contributed by atoms with E-state index in [0.717, 1.165) is 5.56 Å². The smallest absolute Gasteiger partial charge is 0.409 e. The van der Waals surface area contributed by atoms with Crippen molar-refractivity contribution >= 4 is 5.91 Å². The van der Waals surface area contributed by atoms with Gasteiger partial charge in [0.1, 0.15) is 0 Å². The van der Waals surface area contributed by atoms with E-state index >= 15 is 0 Å². The average Bonchev–Trinajstić information content (AvgIpc) is 2.56. The molecule has 0 aliphatic rings. The zero-order valence-corrected chi connectivity index (χ0v) is 13.8. The van der Waals surface area contributed by atoms with Crippen molar-refractivity contribution in [1.29, 1.82) is 0 Å². The summed E-state index contributed by atoms with van der Waals surface area (Å²) in [5.41, 5.74) is 0.0178. The van der Waals surface area contributed by atoms with Gasteiger partial charge < -0.3 is 20.2 Å². The molecule has 0 aliphatic carbocycles. The molecule has 2 rings (SSSR count). The summed E-state index contributed by atoms with van der Waals surface area (Å²) in [7, 11) is 1.28. The molecule has 2 aromatic rings. The highest BCUT2D eigenvalue weighted by molar-refractivity contribution is 5.93. The number of nitrogens with zero attached hydrogens (tertiary/aromatic N) is 2. The fraction of sp³-hybridized carbons (Fsp3) is 0.375. The van der Waals surface area contributed by atoms with Crippen LogP contribution in [-0.2, 0) is 13.0 Å². The number of pyridine rings is 1. The van der Waals surface area contributed by atoms with Crippen molar-refractivity contribution in [2.45, 2.75) is 26.8 Å². The number of rotatable bonds is 6. The van der Waals surface area contributed by atoms with Gasteiger partial charge in [-0.2, -0.15) is 0 Å². The maximum Gasteiger partial charge on any atom is 0.409 e. The number of amides is 1. The zero-order valence-electron chi connectivity index (χ0n) is 13.8. The second kappa shape index (κ2) is 7.58. The first-order chi connectivity index (χ1) is 11.4. The third-order valence-electron chi connectivity index (χ3n) is 3.34. The van der Waals surface area contributed by atoms with E-state index in [1.165, 1.54) is 7.11 Å². The SMILES string of the molecule is COc1c(C(=O)NCc2cccnc2)[nH]c(=O)c(CC(C)C)[n+]1[O-]. The number of carbonyl (C=O) groups excluding carboxylic acids is 1. The molecule has 0 spiro atoms. The molecule has 8 nitrogen and oxygen atoms in total. The predicted molar refractivity (Wildman–Crippen MR) is 86.5 cm³/mol. The summed E-state index contributed by atoms with van der Waals surface area (Å²) in [6.45, 7) is 3.99. The van der Waals surface area contributed by atoms with Crippen molar-refractivity contribution < 1.29 is 14.3 Å². The number of aromatic amines is 1. The van der Waals surface area contributed by atoms with E-state index in [4.69, 9.17) is 4.74 Å². The number of ether oxygens (including phenoxy) is 1. The van der Waals surface area contributed by atoms with Crippen LogP contribution in [0, 0.1) is 11.1 Å². The summed E-state index contributed by atoms with van der Waals surface area (Å²) >= 11 is 0. The Morgan fingerprint density at radius 3 is 2.83 bits per heavy atom. The van der Waals surface area contributed by atoms with Crippen molar-refractivity contribution in [2.75, 3.05) is 7.11 Å². The third-order valence-corrected chi connectivity index (χ3v) is 3.34. The standard InChI is InChI=1S/C16H20N4O4/c1-10(2)7-12-14(21)19-13(16(24-3)20(12)23)15(22)18-9-11-5-4-6-17-8-11/h4-6,8,10H,7,9H2,1-3H3,(H,18,22)(H,19,21). The highest BCUT2D eigenvalue weighted by Gasteiger charge is 2.27. The van der Waals surface area contributed by atoms with E-state index in [9.17, 15) is 14.8 Å². The molecule has 0 unspecified atom stereocenters. The molecule has 0 aromatic carbocycles. The maximum atomic E-state index is 12.3. The fourth-order valence-corrected chi connectivity index (χ4v) is 2.23. The molecule has 0 bridgehead atoms. The number of hydrogen-bond donors (Lipinski definition) is 2. The van der Waals surface area contributed by atoms with Crippen LogP contribution in [0.3, 0.4) is 0 Å². The van der Waals surface area contributed by atoms with Crippen molar-refractivity contribution in [3.63, 3.8) is 0 Å². The molecule has 0 aliphatic heterocycles. The number of hydrogen-bond acceptors (Lipinski definition) is 5. The van der Waals surface area contributed by atoms with Crippen LogP contribution in [0.5, 0.6) is 5.88 Å². The largest absolute Gasteiger partial charge is 0.616 e. The monoisotopic (exact) mass is 332 g/mol. The molecule has 24 heavy (non-hydrogen) atoms. The summed E-state index contributed by atoms with van der Waals surface area (Å²) in [6, 6.07) is 3.54. The number of aromatic nitrogens is 3. The van der Waals surface area contributed by atoms with Crippen LogP contribution in [0.1, 0.15) is 35.6 Å². The summed E-state index contributed by atoms with van der Waals surface area (Å²) in [6.07, 6.45) is 3.52. The Hall–Kier alpha value is -2.90. The van der Waals surface area contributed by atoms with E-state index in [1.54, 1.807) is 24.5 Å². The normalized spacial score (nSPS) is 10.7. The molecule has 2 N–H and O–H groups in total.